The second-order valence-electron chi connectivity index (χ2n) is 5.61. The maximum absolute atomic E-state index is 13.8. The lowest BCUT2D eigenvalue weighted by atomic mass is 9.71. The van der Waals surface area contributed by atoms with E-state index in [1.165, 1.54) is 19.1 Å². The minimum atomic E-state index is -4.43. The van der Waals surface area contributed by atoms with Crippen molar-refractivity contribution in [1.29, 1.82) is 0 Å². The van der Waals surface area contributed by atoms with Crippen molar-refractivity contribution in [2.24, 2.45) is 5.73 Å². The summed E-state index contributed by atoms with van der Waals surface area (Å²) in [4.78, 5) is 0. The third-order valence-electron chi connectivity index (χ3n) is 3.95. The van der Waals surface area contributed by atoms with Gasteiger partial charge in [0.05, 0.1) is 5.56 Å². The van der Waals surface area contributed by atoms with Crippen LogP contribution in [0.3, 0.4) is 0 Å². The summed E-state index contributed by atoms with van der Waals surface area (Å²) in [5.74, 6) is 0. The van der Waals surface area contributed by atoms with Crippen molar-refractivity contribution in [3.63, 3.8) is 0 Å². The first-order valence-electron chi connectivity index (χ1n) is 6.29. The van der Waals surface area contributed by atoms with E-state index in [1.54, 1.807) is 6.07 Å². The first-order chi connectivity index (χ1) is 8.64. The van der Waals surface area contributed by atoms with Crippen LogP contribution in [-0.2, 0) is 11.7 Å². The van der Waals surface area contributed by atoms with E-state index in [9.17, 15) is 17.6 Å². The Bertz CT molecular complexity index is 455. The maximum atomic E-state index is 13.8. The van der Waals surface area contributed by atoms with Gasteiger partial charge in [0.2, 0.25) is 0 Å². The van der Waals surface area contributed by atoms with Gasteiger partial charge < -0.3 is 5.73 Å². The number of alkyl halides is 4. The van der Waals surface area contributed by atoms with Crippen LogP contribution in [0.4, 0.5) is 17.6 Å². The molecule has 0 unspecified atom stereocenters. The zero-order valence-corrected chi connectivity index (χ0v) is 10.7. The molecular weight excluding hydrogens is 258 g/mol. The van der Waals surface area contributed by atoms with Crippen LogP contribution in [0.2, 0.25) is 0 Å². The highest BCUT2D eigenvalue weighted by Gasteiger charge is 2.43. The highest BCUT2D eigenvalue weighted by Crippen LogP contribution is 2.45. The molecular formula is C14H17F4N. The number of nitrogens with two attached hydrogens (primary N) is 1. The SMILES string of the molecule is CC1(F)CCC(N)(c2ccccc2C(F)(F)F)CC1. The summed E-state index contributed by atoms with van der Waals surface area (Å²) < 4.78 is 52.8. The smallest absolute Gasteiger partial charge is 0.321 e. The summed E-state index contributed by atoms with van der Waals surface area (Å²) in [5.41, 5.74) is 3.10. The quantitative estimate of drug-likeness (QED) is 0.765. The third kappa shape index (κ3) is 2.91. The van der Waals surface area contributed by atoms with Gasteiger partial charge in [0.15, 0.2) is 0 Å². The molecule has 19 heavy (non-hydrogen) atoms. The van der Waals surface area contributed by atoms with Gasteiger partial charge in [0.1, 0.15) is 5.67 Å². The second kappa shape index (κ2) is 4.47. The Labute approximate surface area is 109 Å². The number of rotatable bonds is 1. The van der Waals surface area contributed by atoms with Crippen LogP contribution < -0.4 is 5.73 Å². The molecule has 1 fully saturated rings. The molecule has 0 atom stereocenters. The summed E-state index contributed by atoms with van der Waals surface area (Å²) in [6, 6.07) is 5.33. The molecule has 1 aliphatic carbocycles. The van der Waals surface area contributed by atoms with Crippen LogP contribution in [0.15, 0.2) is 24.3 Å². The normalized spacial score (nSPS) is 32.3. The molecule has 0 amide bonds. The largest absolute Gasteiger partial charge is 0.416 e. The van der Waals surface area contributed by atoms with E-state index in [-0.39, 0.29) is 31.2 Å². The first kappa shape index (κ1) is 14.3. The van der Waals surface area contributed by atoms with Crippen molar-refractivity contribution in [3.05, 3.63) is 35.4 Å². The number of halogens is 4. The Kier molecular flexibility index (Phi) is 3.37. The predicted octanol–water partition coefficient (Wildman–Crippen LogP) is 4.16. The molecule has 1 aliphatic rings. The molecule has 0 saturated heterocycles. The lowest BCUT2D eigenvalue weighted by Gasteiger charge is -2.40. The maximum Gasteiger partial charge on any atom is 0.416 e. The van der Waals surface area contributed by atoms with E-state index in [4.69, 9.17) is 5.73 Å². The summed E-state index contributed by atoms with van der Waals surface area (Å²) in [7, 11) is 0. The van der Waals surface area contributed by atoms with Crippen LogP contribution >= 0.6 is 0 Å². The van der Waals surface area contributed by atoms with Crippen LogP contribution in [0.1, 0.15) is 43.7 Å². The van der Waals surface area contributed by atoms with E-state index in [0.29, 0.717) is 0 Å². The van der Waals surface area contributed by atoms with E-state index < -0.39 is 22.9 Å². The van der Waals surface area contributed by atoms with Crippen molar-refractivity contribution in [1.82, 2.24) is 0 Å². The molecule has 1 nitrogen and oxygen atoms in total. The Balaban J connectivity index is 2.37. The van der Waals surface area contributed by atoms with Crippen molar-refractivity contribution < 1.29 is 17.6 Å². The standard InChI is InChI=1S/C14H17F4N/c1-12(15)6-8-13(19,9-7-12)10-4-2-3-5-11(10)14(16,17)18/h2-5H,6-9,19H2,1H3. The number of benzene rings is 1. The number of hydrogen-bond donors (Lipinski definition) is 1. The highest BCUT2D eigenvalue weighted by atomic mass is 19.4. The van der Waals surface area contributed by atoms with Crippen molar-refractivity contribution in [2.75, 3.05) is 0 Å². The van der Waals surface area contributed by atoms with Gasteiger partial charge in [0.25, 0.3) is 0 Å². The zero-order valence-electron chi connectivity index (χ0n) is 10.7. The fraction of sp³-hybridized carbons (Fsp3) is 0.571. The van der Waals surface area contributed by atoms with E-state index in [1.807, 2.05) is 0 Å². The Hall–Kier alpha value is -1.10. The molecule has 1 saturated carbocycles. The van der Waals surface area contributed by atoms with Crippen molar-refractivity contribution in [2.45, 2.75) is 50.0 Å². The fourth-order valence-corrected chi connectivity index (χ4v) is 2.65. The van der Waals surface area contributed by atoms with Gasteiger partial charge in [-0.3, -0.25) is 0 Å². The van der Waals surface area contributed by atoms with Gasteiger partial charge in [-0.25, -0.2) is 4.39 Å². The van der Waals surface area contributed by atoms with E-state index in [2.05, 4.69) is 0 Å². The Morgan fingerprint density at radius 3 is 2.11 bits per heavy atom. The lowest BCUT2D eigenvalue weighted by molar-refractivity contribution is -0.139. The first-order valence-corrected chi connectivity index (χ1v) is 6.29. The molecule has 0 aromatic heterocycles. The van der Waals surface area contributed by atoms with Gasteiger partial charge in [-0.15, -0.1) is 0 Å². The van der Waals surface area contributed by atoms with Gasteiger partial charge in [0, 0.05) is 5.54 Å². The molecule has 106 valence electrons. The van der Waals surface area contributed by atoms with E-state index in [0.717, 1.165) is 6.07 Å². The molecule has 0 radical (unpaired) electrons. The molecule has 0 aliphatic heterocycles. The van der Waals surface area contributed by atoms with Crippen molar-refractivity contribution >= 4 is 0 Å². The lowest BCUT2D eigenvalue weighted by Crippen LogP contribution is -2.45. The van der Waals surface area contributed by atoms with E-state index >= 15 is 0 Å². The van der Waals surface area contributed by atoms with Gasteiger partial charge >= 0.3 is 6.18 Å². The van der Waals surface area contributed by atoms with Gasteiger partial charge in [-0.1, -0.05) is 18.2 Å². The second-order valence-corrected chi connectivity index (χ2v) is 5.61. The molecule has 5 heteroatoms. The minimum Gasteiger partial charge on any atom is -0.321 e. The molecule has 1 aromatic rings. The molecule has 2 N–H and O–H groups in total. The topological polar surface area (TPSA) is 26.0 Å². The minimum absolute atomic E-state index is 0.0815. The average molecular weight is 275 g/mol. The van der Waals surface area contributed by atoms with Gasteiger partial charge in [-0.05, 0) is 44.2 Å². The Morgan fingerprint density at radius 1 is 1.05 bits per heavy atom. The van der Waals surface area contributed by atoms with Gasteiger partial charge in [-0.2, -0.15) is 13.2 Å². The predicted molar refractivity (Wildman–Crippen MR) is 65.3 cm³/mol. The molecule has 2 rings (SSSR count). The summed E-state index contributed by atoms with van der Waals surface area (Å²) >= 11 is 0. The Morgan fingerprint density at radius 2 is 1.58 bits per heavy atom. The third-order valence-corrected chi connectivity index (χ3v) is 3.95. The molecule has 0 heterocycles. The molecule has 1 aromatic carbocycles. The summed E-state index contributed by atoms with van der Waals surface area (Å²) in [6.07, 6.45) is -3.59. The zero-order chi connectivity index (χ0) is 14.3. The molecule has 0 spiro atoms. The fourth-order valence-electron chi connectivity index (χ4n) is 2.65. The van der Waals surface area contributed by atoms with Crippen LogP contribution in [0.25, 0.3) is 0 Å². The van der Waals surface area contributed by atoms with Crippen molar-refractivity contribution in [3.8, 4) is 0 Å². The average Bonchev–Trinajstić information content (AvgIpc) is 2.32. The summed E-state index contributed by atoms with van der Waals surface area (Å²) in [6.45, 7) is 1.47. The number of hydrogen-bond acceptors (Lipinski definition) is 1. The highest BCUT2D eigenvalue weighted by molar-refractivity contribution is 5.36. The van der Waals surface area contributed by atoms with Crippen LogP contribution in [0.5, 0.6) is 0 Å². The van der Waals surface area contributed by atoms with Crippen LogP contribution in [-0.4, -0.2) is 5.67 Å². The monoisotopic (exact) mass is 275 g/mol. The van der Waals surface area contributed by atoms with Crippen LogP contribution in [0, 0.1) is 0 Å². The molecule has 0 bridgehead atoms. The summed E-state index contributed by atoms with van der Waals surface area (Å²) in [5, 5.41) is 0.